The average Bonchev–Trinajstić information content (AvgIpc) is 3.16. The number of carbonyl (C=O) groups excluding carboxylic acids is 1. The van der Waals surface area contributed by atoms with E-state index in [0.29, 0.717) is 0 Å². The SMILES string of the molecule is O=C(NC12CC3CC(CC(C3)C1)C2)N1CCSC1c1ccco1. The minimum absolute atomic E-state index is 0.0407. The van der Waals surface area contributed by atoms with E-state index in [4.69, 9.17) is 4.42 Å². The first-order valence-corrected chi connectivity index (χ1v) is 9.99. The molecule has 5 fully saturated rings. The van der Waals surface area contributed by atoms with E-state index < -0.39 is 0 Å². The number of furan rings is 1. The zero-order valence-corrected chi connectivity index (χ0v) is 14.2. The van der Waals surface area contributed by atoms with Gasteiger partial charge in [0, 0.05) is 17.8 Å². The summed E-state index contributed by atoms with van der Waals surface area (Å²) in [7, 11) is 0. The van der Waals surface area contributed by atoms with E-state index in [1.54, 1.807) is 18.0 Å². The molecule has 1 aromatic heterocycles. The number of rotatable bonds is 2. The third kappa shape index (κ3) is 2.39. The Kier molecular flexibility index (Phi) is 3.22. The monoisotopic (exact) mass is 332 g/mol. The summed E-state index contributed by atoms with van der Waals surface area (Å²) in [6.07, 6.45) is 9.53. The fraction of sp³-hybridized carbons (Fsp3) is 0.722. The molecule has 1 atom stereocenters. The van der Waals surface area contributed by atoms with Gasteiger partial charge in [0.2, 0.25) is 0 Å². The van der Waals surface area contributed by atoms with Crippen molar-refractivity contribution in [1.29, 1.82) is 0 Å². The summed E-state index contributed by atoms with van der Waals surface area (Å²) in [5.41, 5.74) is 0.0901. The second kappa shape index (κ2) is 5.20. The number of hydrogen-bond donors (Lipinski definition) is 1. The van der Waals surface area contributed by atoms with E-state index in [1.165, 1.54) is 38.5 Å². The molecule has 23 heavy (non-hydrogen) atoms. The molecule has 6 rings (SSSR count). The van der Waals surface area contributed by atoms with Crippen molar-refractivity contribution in [2.75, 3.05) is 12.3 Å². The first-order valence-electron chi connectivity index (χ1n) is 8.95. The summed E-state index contributed by atoms with van der Waals surface area (Å²) in [5, 5.41) is 3.53. The largest absolute Gasteiger partial charge is 0.466 e. The van der Waals surface area contributed by atoms with Crippen LogP contribution in [0.15, 0.2) is 22.8 Å². The van der Waals surface area contributed by atoms with Gasteiger partial charge in [0.05, 0.1) is 6.26 Å². The van der Waals surface area contributed by atoms with Crippen LogP contribution in [0.5, 0.6) is 0 Å². The molecule has 5 heteroatoms. The highest BCUT2D eigenvalue weighted by molar-refractivity contribution is 7.99. The highest BCUT2D eigenvalue weighted by atomic mass is 32.2. The smallest absolute Gasteiger partial charge is 0.319 e. The standard InChI is InChI=1S/C18H24N2O2S/c21-17(20-3-5-23-16(20)15-2-1-4-22-15)19-18-9-12-6-13(10-18)8-14(7-12)11-18/h1-2,4,12-14,16H,3,5-11H2,(H,19,21). The van der Waals surface area contributed by atoms with Gasteiger partial charge in [-0.05, 0) is 68.4 Å². The van der Waals surface area contributed by atoms with Crippen LogP contribution in [0.1, 0.15) is 49.7 Å². The minimum Gasteiger partial charge on any atom is -0.466 e. The first-order chi connectivity index (χ1) is 11.2. The highest BCUT2D eigenvalue weighted by Gasteiger charge is 2.52. The number of amides is 2. The Morgan fingerprint density at radius 1 is 1.22 bits per heavy atom. The average molecular weight is 332 g/mol. The lowest BCUT2D eigenvalue weighted by Gasteiger charge is -2.57. The van der Waals surface area contributed by atoms with Gasteiger partial charge < -0.3 is 14.6 Å². The molecule has 1 unspecified atom stereocenters. The van der Waals surface area contributed by atoms with E-state index >= 15 is 0 Å². The predicted octanol–water partition coefficient (Wildman–Crippen LogP) is 4.01. The summed E-state index contributed by atoms with van der Waals surface area (Å²) in [6.45, 7) is 0.814. The lowest BCUT2D eigenvalue weighted by Crippen LogP contribution is -2.61. The minimum atomic E-state index is 0.0407. The van der Waals surface area contributed by atoms with Gasteiger partial charge in [0.15, 0.2) is 0 Å². The number of urea groups is 1. The number of thioether (sulfide) groups is 1. The Bertz CT molecular complexity index is 565. The topological polar surface area (TPSA) is 45.5 Å². The van der Waals surface area contributed by atoms with Crippen molar-refractivity contribution in [1.82, 2.24) is 10.2 Å². The number of nitrogens with one attached hydrogen (secondary N) is 1. The molecule has 124 valence electrons. The molecular formula is C18H24N2O2S. The third-order valence-corrected chi connectivity index (χ3v) is 7.57. The van der Waals surface area contributed by atoms with E-state index in [0.717, 1.165) is 35.8 Å². The van der Waals surface area contributed by atoms with Crippen LogP contribution in [0.4, 0.5) is 4.79 Å². The molecule has 0 aromatic carbocycles. The molecule has 1 aromatic rings. The number of nitrogens with zero attached hydrogens (tertiary/aromatic N) is 1. The van der Waals surface area contributed by atoms with E-state index in [-0.39, 0.29) is 16.9 Å². The van der Waals surface area contributed by atoms with E-state index in [9.17, 15) is 4.79 Å². The summed E-state index contributed by atoms with van der Waals surface area (Å²) >= 11 is 1.80. The molecule has 4 aliphatic carbocycles. The van der Waals surface area contributed by atoms with Gasteiger partial charge in [0.1, 0.15) is 11.1 Å². The van der Waals surface area contributed by atoms with Crippen LogP contribution in [0.2, 0.25) is 0 Å². The Morgan fingerprint density at radius 2 is 1.91 bits per heavy atom. The van der Waals surface area contributed by atoms with E-state index in [2.05, 4.69) is 5.32 Å². The molecule has 4 bridgehead atoms. The molecule has 4 saturated carbocycles. The van der Waals surface area contributed by atoms with Crippen molar-refractivity contribution in [3.8, 4) is 0 Å². The lowest BCUT2D eigenvalue weighted by molar-refractivity contribution is -0.0157. The van der Waals surface area contributed by atoms with Crippen LogP contribution in [0.3, 0.4) is 0 Å². The second-order valence-electron chi connectivity index (χ2n) is 8.06. The number of carbonyl (C=O) groups is 1. The first kappa shape index (κ1) is 14.3. The lowest BCUT2D eigenvalue weighted by atomic mass is 9.53. The van der Waals surface area contributed by atoms with Crippen LogP contribution in [0.25, 0.3) is 0 Å². The van der Waals surface area contributed by atoms with Gasteiger partial charge in [-0.15, -0.1) is 11.8 Å². The fourth-order valence-corrected chi connectivity index (χ4v) is 7.11. The molecular weight excluding hydrogens is 308 g/mol. The van der Waals surface area contributed by atoms with Crippen molar-refractivity contribution in [3.05, 3.63) is 24.2 Å². The molecule has 4 nitrogen and oxygen atoms in total. The third-order valence-electron chi connectivity index (χ3n) is 6.35. The maximum absolute atomic E-state index is 13.0. The van der Waals surface area contributed by atoms with Crippen molar-refractivity contribution < 1.29 is 9.21 Å². The Morgan fingerprint density at radius 3 is 2.52 bits per heavy atom. The van der Waals surface area contributed by atoms with Crippen LogP contribution in [-0.2, 0) is 0 Å². The van der Waals surface area contributed by atoms with Gasteiger partial charge in [-0.25, -0.2) is 4.79 Å². The summed E-state index contributed by atoms with van der Waals surface area (Å²) in [4.78, 5) is 15.0. The van der Waals surface area contributed by atoms with E-state index in [1.807, 2.05) is 17.0 Å². The predicted molar refractivity (Wildman–Crippen MR) is 90.0 cm³/mol. The van der Waals surface area contributed by atoms with Crippen molar-refractivity contribution >= 4 is 17.8 Å². The summed E-state index contributed by atoms with van der Waals surface area (Å²) in [5.74, 6) is 4.45. The zero-order valence-electron chi connectivity index (χ0n) is 13.4. The molecule has 2 amide bonds. The molecule has 0 spiro atoms. The highest BCUT2D eigenvalue weighted by Crippen LogP contribution is 2.55. The molecule has 0 radical (unpaired) electrons. The zero-order chi connectivity index (χ0) is 15.4. The van der Waals surface area contributed by atoms with Crippen LogP contribution in [-0.4, -0.2) is 28.8 Å². The van der Waals surface area contributed by atoms with Crippen LogP contribution < -0.4 is 5.32 Å². The van der Waals surface area contributed by atoms with Crippen molar-refractivity contribution in [3.63, 3.8) is 0 Å². The van der Waals surface area contributed by atoms with Gasteiger partial charge in [-0.3, -0.25) is 0 Å². The van der Waals surface area contributed by atoms with Gasteiger partial charge in [0.25, 0.3) is 0 Å². The Balaban J connectivity index is 1.33. The normalized spacial score (nSPS) is 41.5. The van der Waals surface area contributed by atoms with Crippen LogP contribution in [0, 0.1) is 17.8 Å². The van der Waals surface area contributed by atoms with Gasteiger partial charge in [-0.2, -0.15) is 0 Å². The Hall–Kier alpha value is -1.10. The maximum atomic E-state index is 13.0. The van der Waals surface area contributed by atoms with Crippen molar-refractivity contribution in [2.45, 2.75) is 49.4 Å². The summed E-state index contributed by atoms with van der Waals surface area (Å²) in [6, 6.07) is 4.01. The molecule has 1 saturated heterocycles. The maximum Gasteiger partial charge on any atom is 0.319 e. The van der Waals surface area contributed by atoms with Gasteiger partial charge in [-0.1, -0.05) is 0 Å². The summed E-state index contributed by atoms with van der Waals surface area (Å²) < 4.78 is 5.55. The molecule has 5 aliphatic rings. The van der Waals surface area contributed by atoms with Crippen LogP contribution >= 0.6 is 11.8 Å². The molecule has 2 heterocycles. The number of hydrogen-bond acceptors (Lipinski definition) is 3. The quantitative estimate of drug-likeness (QED) is 0.890. The fourth-order valence-electron chi connectivity index (χ4n) is 5.91. The molecule has 1 N–H and O–H groups in total. The molecule has 1 aliphatic heterocycles. The Labute approximate surface area is 141 Å². The van der Waals surface area contributed by atoms with Gasteiger partial charge >= 0.3 is 6.03 Å². The van der Waals surface area contributed by atoms with Crippen molar-refractivity contribution in [2.24, 2.45) is 17.8 Å². The second-order valence-corrected chi connectivity index (χ2v) is 9.25.